The second kappa shape index (κ2) is 9.90. The summed E-state index contributed by atoms with van der Waals surface area (Å²) in [6.45, 7) is 2.27. The summed E-state index contributed by atoms with van der Waals surface area (Å²) in [5.74, 6) is 0. The van der Waals surface area contributed by atoms with Gasteiger partial charge in [0.15, 0.2) is 0 Å². The molecule has 0 unspecified atom stereocenters. The van der Waals surface area contributed by atoms with Gasteiger partial charge in [-0.1, -0.05) is 51.9 Å². The van der Waals surface area contributed by atoms with Crippen LogP contribution in [0.25, 0.3) is 0 Å². The molecule has 0 aromatic rings. The van der Waals surface area contributed by atoms with Crippen LogP contribution in [0.2, 0.25) is 0 Å². The zero-order chi connectivity index (χ0) is 9.36. The van der Waals surface area contributed by atoms with Crippen molar-refractivity contribution in [1.82, 2.24) is 0 Å². The van der Waals surface area contributed by atoms with Crippen molar-refractivity contribution in [1.29, 1.82) is 0 Å². The summed E-state index contributed by atoms with van der Waals surface area (Å²) in [7, 11) is 0. The van der Waals surface area contributed by atoms with E-state index in [0.29, 0.717) is 0 Å². The third-order valence-corrected chi connectivity index (χ3v) is 2.57. The Morgan fingerprint density at radius 1 is 1.14 bits per heavy atom. The Morgan fingerprint density at radius 2 is 1.86 bits per heavy atom. The zero-order valence-electron chi connectivity index (χ0n) is 9.31. The van der Waals surface area contributed by atoms with Crippen LogP contribution >= 0.6 is 0 Å². The van der Waals surface area contributed by atoms with Crippen LogP contribution in [0.15, 0.2) is 17.7 Å². The van der Waals surface area contributed by atoms with Crippen molar-refractivity contribution >= 4 is 0 Å². The third-order valence-electron chi connectivity index (χ3n) is 2.57. The van der Waals surface area contributed by atoms with E-state index in [9.17, 15) is 0 Å². The molecule has 0 radical (unpaired) electrons. The third kappa shape index (κ3) is 6.76. The maximum atomic E-state index is 3.36. The van der Waals surface area contributed by atoms with Crippen LogP contribution in [0.1, 0.15) is 58.3 Å². The average Bonchev–Trinajstić information content (AvgIpc) is 2.63. The van der Waals surface area contributed by atoms with Gasteiger partial charge in [0.1, 0.15) is 0 Å². The molecule has 0 saturated heterocycles. The van der Waals surface area contributed by atoms with E-state index in [1.807, 2.05) is 0 Å². The first kappa shape index (κ1) is 14.4. The summed E-state index contributed by atoms with van der Waals surface area (Å²) in [6, 6.07) is 0. The number of allylic oxidation sites excluding steroid dienone is 4. The van der Waals surface area contributed by atoms with Gasteiger partial charge >= 0.3 is 0 Å². The Morgan fingerprint density at radius 3 is 2.50 bits per heavy atom. The summed E-state index contributed by atoms with van der Waals surface area (Å²) in [6.07, 6.45) is 18.5. The van der Waals surface area contributed by atoms with E-state index in [1.54, 1.807) is 0 Å². The molecule has 0 atom stereocenters. The number of rotatable bonds is 7. The van der Waals surface area contributed by atoms with Gasteiger partial charge < -0.3 is 0 Å². The maximum Gasteiger partial charge on any atom is 0 e. The van der Waals surface area contributed by atoms with E-state index in [0.717, 1.165) is 6.42 Å². The maximum absolute atomic E-state index is 3.36. The van der Waals surface area contributed by atoms with Crippen molar-refractivity contribution in [3.8, 4) is 0 Å². The van der Waals surface area contributed by atoms with Gasteiger partial charge in [-0.2, -0.15) is 6.08 Å². The Labute approximate surface area is 108 Å². The first-order valence-electron chi connectivity index (χ1n) is 5.69. The van der Waals surface area contributed by atoms with E-state index in [4.69, 9.17) is 0 Å². The van der Waals surface area contributed by atoms with E-state index in [1.165, 1.54) is 50.5 Å². The molecule has 1 aliphatic rings. The van der Waals surface area contributed by atoms with Crippen LogP contribution in [0.3, 0.4) is 0 Å². The monoisotopic (exact) mass is 267 g/mol. The van der Waals surface area contributed by atoms with Crippen LogP contribution in [-0.2, 0) is 26.2 Å². The molecule has 0 aromatic carbocycles. The van der Waals surface area contributed by atoms with Gasteiger partial charge in [-0.3, -0.25) is 6.08 Å². The molecule has 1 aliphatic carbocycles. The van der Waals surface area contributed by atoms with Crippen molar-refractivity contribution in [2.75, 3.05) is 0 Å². The second-order valence-corrected chi connectivity index (χ2v) is 3.83. The largest absolute Gasteiger partial charge is 0.269 e. The van der Waals surface area contributed by atoms with Crippen LogP contribution < -0.4 is 0 Å². The molecule has 0 spiro atoms. The zero-order valence-corrected chi connectivity index (χ0v) is 11.8. The standard InChI is InChI=1S/C13H21.Zr/c1-2-3-4-5-6-7-10-13-11-8-9-12-13;/h8,11H,2-7,9-10H2,1H3;/q-1;. The summed E-state index contributed by atoms with van der Waals surface area (Å²) >= 11 is 0. The van der Waals surface area contributed by atoms with Crippen molar-refractivity contribution < 1.29 is 26.2 Å². The number of hydrogen-bond acceptors (Lipinski definition) is 0. The Balaban J connectivity index is 0.00000169. The molecule has 78 valence electrons. The minimum absolute atomic E-state index is 0. The van der Waals surface area contributed by atoms with Gasteiger partial charge in [0.25, 0.3) is 0 Å². The van der Waals surface area contributed by atoms with Gasteiger partial charge in [-0.25, -0.2) is 11.6 Å². The fraction of sp³-hybridized carbons (Fsp3) is 0.692. The molecule has 0 amide bonds. The van der Waals surface area contributed by atoms with E-state index in [-0.39, 0.29) is 26.2 Å². The molecule has 0 N–H and O–H groups in total. The normalized spacial score (nSPS) is 13.9. The summed E-state index contributed by atoms with van der Waals surface area (Å²) in [5.41, 5.74) is 1.44. The first-order chi connectivity index (χ1) is 6.43. The minimum Gasteiger partial charge on any atom is -0.269 e. The number of unbranched alkanes of at least 4 members (excludes halogenated alkanes) is 5. The molecule has 1 heteroatoms. The summed E-state index contributed by atoms with van der Waals surface area (Å²) < 4.78 is 0. The Kier molecular flexibility index (Phi) is 10.2. The molecule has 0 heterocycles. The molecule has 1 rings (SSSR count). The van der Waals surface area contributed by atoms with E-state index >= 15 is 0 Å². The molecule has 0 saturated carbocycles. The van der Waals surface area contributed by atoms with Gasteiger partial charge in [-0.05, 0) is 0 Å². The first-order valence-corrected chi connectivity index (χ1v) is 5.69. The van der Waals surface area contributed by atoms with Crippen LogP contribution in [0, 0.1) is 6.08 Å². The topological polar surface area (TPSA) is 0 Å². The van der Waals surface area contributed by atoms with Gasteiger partial charge in [0.05, 0.1) is 0 Å². The number of hydrogen-bond donors (Lipinski definition) is 0. The van der Waals surface area contributed by atoms with Gasteiger partial charge in [0, 0.05) is 26.2 Å². The predicted molar refractivity (Wildman–Crippen MR) is 58.5 cm³/mol. The second-order valence-electron chi connectivity index (χ2n) is 3.83. The van der Waals surface area contributed by atoms with E-state index < -0.39 is 0 Å². The summed E-state index contributed by atoms with van der Waals surface area (Å²) in [5, 5.41) is 0. The fourth-order valence-electron chi connectivity index (χ4n) is 1.72. The predicted octanol–water partition coefficient (Wildman–Crippen LogP) is 4.42. The van der Waals surface area contributed by atoms with Crippen LogP contribution in [-0.4, -0.2) is 0 Å². The van der Waals surface area contributed by atoms with Crippen molar-refractivity contribution in [2.45, 2.75) is 58.3 Å². The smallest absolute Gasteiger partial charge is 0 e. The van der Waals surface area contributed by atoms with Crippen molar-refractivity contribution in [2.24, 2.45) is 0 Å². The van der Waals surface area contributed by atoms with E-state index in [2.05, 4.69) is 25.2 Å². The van der Waals surface area contributed by atoms with Crippen LogP contribution in [0.4, 0.5) is 0 Å². The quantitative estimate of drug-likeness (QED) is 0.473. The molecular formula is C13H21Zr-. The van der Waals surface area contributed by atoms with Crippen LogP contribution in [0.5, 0.6) is 0 Å². The minimum atomic E-state index is 0. The Hall–Kier alpha value is 0.363. The van der Waals surface area contributed by atoms with Gasteiger partial charge in [-0.15, -0.1) is 6.42 Å². The van der Waals surface area contributed by atoms with Crippen molar-refractivity contribution in [3.05, 3.63) is 23.8 Å². The molecule has 14 heavy (non-hydrogen) atoms. The molecule has 0 bridgehead atoms. The SMILES string of the molecule is CCCCCCCCC1=[C-]CC=C1.[Zr]. The Bertz CT molecular complexity index is 180. The molecule has 0 aromatic heterocycles. The fourth-order valence-corrected chi connectivity index (χ4v) is 1.72. The molecule has 0 aliphatic heterocycles. The van der Waals surface area contributed by atoms with Gasteiger partial charge in [0.2, 0.25) is 0 Å². The molecule has 0 fully saturated rings. The molecular weight excluding hydrogens is 247 g/mol. The summed E-state index contributed by atoms with van der Waals surface area (Å²) in [4.78, 5) is 0. The van der Waals surface area contributed by atoms with Crippen molar-refractivity contribution in [3.63, 3.8) is 0 Å². The molecule has 0 nitrogen and oxygen atoms in total. The average molecular weight is 269 g/mol.